The first-order valence-electron chi connectivity index (χ1n) is 7.96. The van der Waals surface area contributed by atoms with Gasteiger partial charge in [-0.1, -0.05) is 13.8 Å². The first-order chi connectivity index (χ1) is 11.6. The van der Waals surface area contributed by atoms with E-state index in [9.17, 15) is 14.9 Å². The van der Waals surface area contributed by atoms with Crippen molar-refractivity contribution in [1.82, 2.24) is 9.55 Å². The summed E-state index contributed by atoms with van der Waals surface area (Å²) in [7, 11) is 1.69. The molecule has 0 unspecified atom stereocenters. The molecule has 2 aromatic rings. The van der Waals surface area contributed by atoms with Crippen LogP contribution in [0, 0.1) is 16.0 Å². The van der Waals surface area contributed by atoms with E-state index in [1.54, 1.807) is 23.9 Å². The van der Waals surface area contributed by atoms with E-state index in [1.807, 2.05) is 20.8 Å². The SMILES string of the molecule is CC(C)[C@@](C)(N)CNc1ccc(C(=O)c2nccn2C)cc1[N+](=O)[O-]. The van der Waals surface area contributed by atoms with Gasteiger partial charge in [0.25, 0.3) is 5.69 Å². The minimum Gasteiger partial charge on any atom is -0.378 e. The van der Waals surface area contributed by atoms with Gasteiger partial charge in [0.05, 0.1) is 4.92 Å². The summed E-state index contributed by atoms with van der Waals surface area (Å²) in [6, 6.07) is 4.35. The smallest absolute Gasteiger partial charge is 0.293 e. The molecule has 0 saturated heterocycles. The number of nitro benzene ring substituents is 1. The lowest BCUT2D eigenvalue weighted by Gasteiger charge is -2.29. The molecule has 8 heteroatoms. The Kier molecular flexibility index (Phi) is 5.22. The van der Waals surface area contributed by atoms with Crippen LogP contribution >= 0.6 is 0 Å². The van der Waals surface area contributed by atoms with Crippen molar-refractivity contribution >= 4 is 17.2 Å². The van der Waals surface area contributed by atoms with Gasteiger partial charge in [-0.25, -0.2) is 4.98 Å². The molecule has 0 aliphatic carbocycles. The van der Waals surface area contributed by atoms with Crippen molar-refractivity contribution in [3.8, 4) is 0 Å². The van der Waals surface area contributed by atoms with E-state index in [-0.39, 0.29) is 28.8 Å². The molecule has 0 radical (unpaired) electrons. The Balaban J connectivity index is 2.31. The van der Waals surface area contributed by atoms with Gasteiger partial charge in [-0.15, -0.1) is 0 Å². The molecule has 25 heavy (non-hydrogen) atoms. The zero-order valence-electron chi connectivity index (χ0n) is 14.8. The average Bonchev–Trinajstić information content (AvgIpc) is 2.98. The van der Waals surface area contributed by atoms with Crippen LogP contribution in [0.1, 0.15) is 37.0 Å². The molecular formula is C17H23N5O3. The summed E-state index contributed by atoms with van der Waals surface area (Å²) in [4.78, 5) is 27.4. The second-order valence-corrected chi connectivity index (χ2v) is 6.69. The first kappa shape index (κ1) is 18.6. The predicted molar refractivity (Wildman–Crippen MR) is 95.7 cm³/mol. The number of benzene rings is 1. The number of rotatable bonds is 7. The van der Waals surface area contributed by atoms with E-state index in [4.69, 9.17) is 5.73 Å². The maximum absolute atomic E-state index is 12.5. The van der Waals surface area contributed by atoms with Gasteiger partial charge in [0, 0.05) is 43.2 Å². The minimum absolute atomic E-state index is 0.167. The lowest BCUT2D eigenvalue weighted by atomic mass is 9.89. The zero-order chi connectivity index (χ0) is 18.8. The number of carbonyl (C=O) groups excluding carboxylic acids is 1. The molecule has 1 aromatic carbocycles. The number of nitrogens with zero attached hydrogens (tertiary/aromatic N) is 3. The maximum Gasteiger partial charge on any atom is 0.293 e. The van der Waals surface area contributed by atoms with E-state index >= 15 is 0 Å². The van der Waals surface area contributed by atoms with Crippen LogP contribution in [0.3, 0.4) is 0 Å². The molecule has 0 fully saturated rings. The second-order valence-electron chi connectivity index (χ2n) is 6.69. The summed E-state index contributed by atoms with van der Waals surface area (Å²) in [5.74, 6) is 0.0562. The number of carbonyl (C=O) groups is 1. The van der Waals surface area contributed by atoms with Crippen molar-refractivity contribution in [1.29, 1.82) is 0 Å². The van der Waals surface area contributed by atoms with Crippen LogP contribution in [-0.4, -0.2) is 32.3 Å². The third kappa shape index (κ3) is 4.03. The van der Waals surface area contributed by atoms with Gasteiger partial charge in [-0.2, -0.15) is 0 Å². The number of aryl methyl sites for hydroxylation is 1. The van der Waals surface area contributed by atoms with Crippen molar-refractivity contribution in [2.75, 3.05) is 11.9 Å². The zero-order valence-corrected chi connectivity index (χ0v) is 14.8. The Hall–Kier alpha value is -2.74. The third-order valence-corrected chi connectivity index (χ3v) is 4.46. The van der Waals surface area contributed by atoms with E-state index in [0.717, 1.165) is 0 Å². The van der Waals surface area contributed by atoms with E-state index in [2.05, 4.69) is 10.3 Å². The van der Waals surface area contributed by atoms with Gasteiger partial charge in [-0.05, 0) is 25.0 Å². The number of nitrogens with one attached hydrogen (secondary N) is 1. The molecule has 0 saturated carbocycles. The molecule has 134 valence electrons. The number of anilines is 1. The van der Waals surface area contributed by atoms with Gasteiger partial charge in [0.15, 0.2) is 5.82 Å². The molecule has 0 bridgehead atoms. The van der Waals surface area contributed by atoms with Crippen molar-refractivity contribution in [3.05, 3.63) is 52.1 Å². The Labute approximate surface area is 146 Å². The van der Waals surface area contributed by atoms with Gasteiger partial charge >= 0.3 is 0 Å². The van der Waals surface area contributed by atoms with Gasteiger partial charge in [-0.3, -0.25) is 14.9 Å². The van der Waals surface area contributed by atoms with E-state index in [0.29, 0.717) is 12.2 Å². The molecule has 0 amide bonds. The number of hydrogen-bond donors (Lipinski definition) is 2. The molecule has 8 nitrogen and oxygen atoms in total. The van der Waals surface area contributed by atoms with Crippen molar-refractivity contribution in [2.24, 2.45) is 18.7 Å². The number of nitrogens with two attached hydrogens (primary N) is 1. The van der Waals surface area contributed by atoms with Crippen molar-refractivity contribution < 1.29 is 9.72 Å². The number of ketones is 1. The molecule has 3 N–H and O–H groups in total. The lowest BCUT2D eigenvalue weighted by Crippen LogP contribution is -2.47. The Morgan fingerprint density at radius 1 is 1.48 bits per heavy atom. The van der Waals surface area contributed by atoms with Gasteiger partial charge in [0.1, 0.15) is 5.69 Å². The van der Waals surface area contributed by atoms with Crippen molar-refractivity contribution in [3.63, 3.8) is 0 Å². The van der Waals surface area contributed by atoms with Crippen molar-refractivity contribution in [2.45, 2.75) is 26.3 Å². The van der Waals surface area contributed by atoms with Gasteiger partial charge in [0.2, 0.25) is 5.78 Å². The monoisotopic (exact) mass is 345 g/mol. The van der Waals surface area contributed by atoms with E-state index in [1.165, 1.54) is 18.3 Å². The molecule has 1 aromatic heterocycles. The Morgan fingerprint density at radius 2 is 2.16 bits per heavy atom. The maximum atomic E-state index is 12.5. The summed E-state index contributed by atoms with van der Waals surface area (Å²) in [6.45, 7) is 6.24. The van der Waals surface area contributed by atoms with E-state index < -0.39 is 10.5 Å². The molecule has 1 heterocycles. The largest absolute Gasteiger partial charge is 0.378 e. The highest BCUT2D eigenvalue weighted by Gasteiger charge is 2.25. The standard InChI is InChI=1S/C17H23N5O3/c1-11(2)17(3,18)10-20-13-6-5-12(9-14(13)22(24)25)15(23)16-19-7-8-21(16)4/h5-9,11,20H,10,18H2,1-4H3/t17-/m0/s1. The topological polar surface area (TPSA) is 116 Å². The number of nitro groups is 1. The van der Waals surface area contributed by atoms with Crippen LogP contribution in [0.5, 0.6) is 0 Å². The fraction of sp³-hybridized carbons (Fsp3) is 0.412. The molecular weight excluding hydrogens is 322 g/mol. The summed E-state index contributed by atoms with van der Waals surface area (Å²) in [5, 5.41) is 14.4. The quantitative estimate of drug-likeness (QED) is 0.452. The highest BCUT2D eigenvalue weighted by Crippen LogP contribution is 2.27. The average molecular weight is 345 g/mol. The number of aromatic nitrogens is 2. The van der Waals surface area contributed by atoms with Crippen LogP contribution in [0.4, 0.5) is 11.4 Å². The summed E-state index contributed by atoms with van der Waals surface area (Å²) in [5.41, 5.74) is 6.06. The van der Waals surface area contributed by atoms with Crippen LogP contribution < -0.4 is 11.1 Å². The normalized spacial score (nSPS) is 13.5. The summed E-state index contributed by atoms with van der Waals surface area (Å²) >= 11 is 0. The molecule has 1 atom stereocenters. The number of hydrogen-bond acceptors (Lipinski definition) is 6. The molecule has 2 rings (SSSR count). The molecule has 0 aliphatic rings. The van der Waals surface area contributed by atoms with Gasteiger partial charge < -0.3 is 15.6 Å². The first-order valence-corrected chi connectivity index (χ1v) is 7.96. The lowest BCUT2D eigenvalue weighted by molar-refractivity contribution is -0.384. The third-order valence-electron chi connectivity index (χ3n) is 4.46. The summed E-state index contributed by atoms with van der Waals surface area (Å²) < 4.78 is 1.57. The summed E-state index contributed by atoms with van der Waals surface area (Å²) in [6.07, 6.45) is 3.15. The fourth-order valence-electron chi connectivity index (χ4n) is 2.18. The van der Waals surface area contributed by atoms with Crippen LogP contribution in [-0.2, 0) is 7.05 Å². The van der Waals surface area contributed by atoms with Crippen LogP contribution in [0.25, 0.3) is 0 Å². The number of imidazole rings is 1. The predicted octanol–water partition coefficient (Wildman–Crippen LogP) is 2.34. The highest BCUT2D eigenvalue weighted by atomic mass is 16.6. The Morgan fingerprint density at radius 3 is 2.68 bits per heavy atom. The Bertz CT molecular complexity index is 795. The van der Waals surface area contributed by atoms with Crippen LogP contribution in [0.2, 0.25) is 0 Å². The fourth-order valence-corrected chi connectivity index (χ4v) is 2.18. The minimum atomic E-state index is -0.519. The second kappa shape index (κ2) is 7.02. The highest BCUT2D eigenvalue weighted by molar-refractivity contribution is 6.07. The molecule has 0 spiro atoms. The molecule has 0 aliphatic heterocycles. The van der Waals surface area contributed by atoms with Crippen LogP contribution in [0.15, 0.2) is 30.6 Å².